The summed E-state index contributed by atoms with van der Waals surface area (Å²) < 4.78 is 5.76. The van der Waals surface area contributed by atoms with Crippen molar-refractivity contribution in [2.75, 3.05) is 5.32 Å². The summed E-state index contributed by atoms with van der Waals surface area (Å²) in [6, 6.07) is 13.5. The Kier molecular flexibility index (Phi) is 5.77. The van der Waals surface area contributed by atoms with Gasteiger partial charge < -0.3 is 10.1 Å². The quantitative estimate of drug-likeness (QED) is 0.727. The van der Waals surface area contributed by atoms with Gasteiger partial charge in [0, 0.05) is 22.3 Å². The first-order chi connectivity index (χ1) is 10.1. The second kappa shape index (κ2) is 7.58. The van der Waals surface area contributed by atoms with E-state index in [1.807, 2.05) is 24.3 Å². The van der Waals surface area contributed by atoms with Gasteiger partial charge in [-0.2, -0.15) is 0 Å². The van der Waals surface area contributed by atoms with Crippen LogP contribution in [0.3, 0.4) is 0 Å². The van der Waals surface area contributed by atoms with Gasteiger partial charge in [-0.1, -0.05) is 42.3 Å². The topological polar surface area (TPSA) is 21.3 Å². The van der Waals surface area contributed by atoms with E-state index < -0.39 is 0 Å². The van der Waals surface area contributed by atoms with Crippen LogP contribution in [0.2, 0.25) is 10.0 Å². The van der Waals surface area contributed by atoms with E-state index in [0.29, 0.717) is 16.6 Å². The van der Waals surface area contributed by atoms with Crippen LogP contribution in [-0.4, -0.2) is 6.10 Å². The average Bonchev–Trinajstić information content (AvgIpc) is 2.45. The Hall–Kier alpha value is -1.38. The number of hydrogen-bond acceptors (Lipinski definition) is 2. The third-order valence-electron chi connectivity index (χ3n) is 3.19. The Morgan fingerprint density at radius 2 is 1.67 bits per heavy atom. The number of hydrogen-bond donors (Lipinski definition) is 1. The van der Waals surface area contributed by atoms with E-state index >= 15 is 0 Å². The summed E-state index contributed by atoms with van der Waals surface area (Å²) in [5.41, 5.74) is 2.08. The van der Waals surface area contributed by atoms with Crippen LogP contribution in [0.4, 0.5) is 5.69 Å². The van der Waals surface area contributed by atoms with Gasteiger partial charge in [0.05, 0.1) is 6.10 Å². The van der Waals surface area contributed by atoms with Crippen molar-refractivity contribution in [1.29, 1.82) is 0 Å². The third-order valence-corrected chi connectivity index (χ3v) is 3.63. The van der Waals surface area contributed by atoms with Crippen LogP contribution in [0, 0.1) is 0 Å². The third kappa shape index (κ3) is 5.14. The van der Waals surface area contributed by atoms with Crippen LogP contribution in [0.15, 0.2) is 42.5 Å². The van der Waals surface area contributed by atoms with Crippen molar-refractivity contribution in [3.63, 3.8) is 0 Å². The van der Waals surface area contributed by atoms with Crippen LogP contribution in [0.1, 0.15) is 25.8 Å². The second-order valence-corrected chi connectivity index (χ2v) is 5.87. The monoisotopic (exact) mass is 323 g/mol. The van der Waals surface area contributed by atoms with Gasteiger partial charge >= 0.3 is 0 Å². The van der Waals surface area contributed by atoms with E-state index in [0.717, 1.165) is 17.9 Å². The first-order valence-electron chi connectivity index (χ1n) is 7.02. The maximum Gasteiger partial charge on any atom is 0.119 e. The molecule has 0 radical (unpaired) electrons. The van der Waals surface area contributed by atoms with Gasteiger partial charge in [-0.3, -0.25) is 0 Å². The highest BCUT2D eigenvalue weighted by atomic mass is 35.5. The maximum atomic E-state index is 5.97. The number of anilines is 1. The predicted octanol–water partition coefficient (Wildman–Crippen LogP) is 5.78. The lowest BCUT2D eigenvalue weighted by Crippen LogP contribution is -2.09. The number of halogens is 2. The Morgan fingerprint density at radius 3 is 2.24 bits per heavy atom. The van der Waals surface area contributed by atoms with Crippen LogP contribution >= 0.6 is 23.2 Å². The zero-order valence-electron chi connectivity index (χ0n) is 12.2. The Morgan fingerprint density at radius 1 is 1.05 bits per heavy atom. The van der Waals surface area contributed by atoms with Gasteiger partial charge in [0.15, 0.2) is 0 Å². The molecule has 0 bridgehead atoms. The summed E-state index contributed by atoms with van der Waals surface area (Å²) in [5.74, 6) is 0.902. The van der Waals surface area contributed by atoms with Crippen LogP contribution < -0.4 is 10.1 Å². The van der Waals surface area contributed by atoms with E-state index in [1.165, 1.54) is 5.56 Å². The number of benzene rings is 2. The summed E-state index contributed by atoms with van der Waals surface area (Å²) in [6.07, 6.45) is 1.24. The van der Waals surface area contributed by atoms with Crippen LogP contribution in [-0.2, 0) is 6.54 Å². The van der Waals surface area contributed by atoms with Crippen molar-refractivity contribution in [1.82, 2.24) is 0 Å². The fraction of sp³-hybridized carbons (Fsp3) is 0.294. The molecule has 2 aromatic rings. The Bertz CT molecular complexity index is 564. The maximum absolute atomic E-state index is 5.97. The van der Waals surface area contributed by atoms with Gasteiger partial charge in [-0.15, -0.1) is 0 Å². The van der Waals surface area contributed by atoms with Gasteiger partial charge in [0.25, 0.3) is 0 Å². The van der Waals surface area contributed by atoms with Crippen molar-refractivity contribution in [3.8, 4) is 5.75 Å². The molecule has 0 spiro atoms. The summed E-state index contributed by atoms with van der Waals surface area (Å²) in [4.78, 5) is 0. The van der Waals surface area contributed by atoms with E-state index in [9.17, 15) is 0 Å². The highest BCUT2D eigenvalue weighted by molar-refractivity contribution is 6.35. The standard InChI is InChI=1S/C17H19Cl2NO/c1-3-12(2)21-17-6-4-13(5-7-17)11-20-16-9-14(18)8-15(19)10-16/h4-10,12,20H,3,11H2,1-2H3. The molecule has 0 aliphatic carbocycles. The minimum absolute atomic E-state index is 0.238. The van der Waals surface area contributed by atoms with Crippen molar-refractivity contribution < 1.29 is 4.74 Å². The minimum atomic E-state index is 0.238. The molecule has 0 fully saturated rings. The molecular weight excluding hydrogens is 305 g/mol. The molecule has 0 amide bonds. The molecular formula is C17H19Cl2NO. The Labute approximate surface area is 136 Å². The summed E-state index contributed by atoms with van der Waals surface area (Å²) in [5, 5.41) is 4.56. The largest absolute Gasteiger partial charge is 0.491 e. The van der Waals surface area contributed by atoms with E-state index in [2.05, 4.69) is 31.3 Å². The van der Waals surface area contributed by atoms with Gasteiger partial charge in [0.1, 0.15) is 5.75 Å². The lowest BCUT2D eigenvalue weighted by atomic mass is 10.2. The molecule has 2 nitrogen and oxygen atoms in total. The van der Waals surface area contributed by atoms with Gasteiger partial charge in [-0.05, 0) is 49.2 Å². The summed E-state index contributed by atoms with van der Waals surface area (Å²) in [6.45, 7) is 4.89. The van der Waals surface area contributed by atoms with Crippen LogP contribution in [0.25, 0.3) is 0 Å². The molecule has 0 heterocycles. The smallest absolute Gasteiger partial charge is 0.119 e. The molecule has 0 aromatic heterocycles. The predicted molar refractivity (Wildman–Crippen MR) is 90.6 cm³/mol. The minimum Gasteiger partial charge on any atom is -0.491 e. The number of rotatable bonds is 6. The second-order valence-electron chi connectivity index (χ2n) is 4.99. The molecule has 0 saturated carbocycles. The lowest BCUT2D eigenvalue weighted by Gasteiger charge is -2.13. The molecule has 0 aliphatic heterocycles. The van der Waals surface area contributed by atoms with Crippen molar-refractivity contribution in [2.45, 2.75) is 32.9 Å². The fourth-order valence-electron chi connectivity index (χ4n) is 1.86. The average molecular weight is 324 g/mol. The van der Waals surface area contributed by atoms with E-state index in [4.69, 9.17) is 27.9 Å². The molecule has 2 rings (SSSR count). The number of ether oxygens (including phenoxy) is 1. The summed E-state index contributed by atoms with van der Waals surface area (Å²) in [7, 11) is 0. The molecule has 112 valence electrons. The van der Waals surface area contributed by atoms with E-state index in [1.54, 1.807) is 6.07 Å². The lowest BCUT2D eigenvalue weighted by molar-refractivity contribution is 0.217. The molecule has 2 aromatic carbocycles. The van der Waals surface area contributed by atoms with Crippen LogP contribution in [0.5, 0.6) is 5.75 Å². The Balaban J connectivity index is 1.94. The highest BCUT2D eigenvalue weighted by Gasteiger charge is 2.02. The van der Waals surface area contributed by atoms with E-state index in [-0.39, 0.29) is 6.10 Å². The SMILES string of the molecule is CCC(C)Oc1ccc(CNc2cc(Cl)cc(Cl)c2)cc1. The zero-order valence-corrected chi connectivity index (χ0v) is 13.7. The molecule has 0 aliphatic rings. The van der Waals surface area contributed by atoms with Crippen molar-refractivity contribution in [2.24, 2.45) is 0 Å². The molecule has 1 atom stereocenters. The fourth-order valence-corrected chi connectivity index (χ4v) is 2.39. The normalized spacial score (nSPS) is 12.0. The van der Waals surface area contributed by atoms with Gasteiger partial charge in [0.2, 0.25) is 0 Å². The molecule has 4 heteroatoms. The van der Waals surface area contributed by atoms with Crippen molar-refractivity contribution in [3.05, 3.63) is 58.1 Å². The molecule has 1 unspecified atom stereocenters. The summed E-state index contributed by atoms with van der Waals surface area (Å²) >= 11 is 11.9. The number of nitrogens with one attached hydrogen (secondary N) is 1. The van der Waals surface area contributed by atoms with Crippen molar-refractivity contribution >= 4 is 28.9 Å². The van der Waals surface area contributed by atoms with Gasteiger partial charge in [-0.25, -0.2) is 0 Å². The highest BCUT2D eigenvalue weighted by Crippen LogP contribution is 2.23. The first-order valence-corrected chi connectivity index (χ1v) is 7.78. The molecule has 1 N–H and O–H groups in total. The zero-order chi connectivity index (χ0) is 15.2. The molecule has 21 heavy (non-hydrogen) atoms. The molecule has 0 saturated heterocycles. The first kappa shape index (κ1) is 16.0.